The molecule has 9 heteroatoms. The van der Waals surface area contributed by atoms with E-state index in [1.807, 2.05) is 0 Å². The van der Waals surface area contributed by atoms with Crippen LogP contribution in [0, 0.1) is 4.77 Å². The zero-order chi connectivity index (χ0) is 8.48. The summed E-state index contributed by atoms with van der Waals surface area (Å²) >= 11 is 4.51. The molecular weight excluding hydrogens is 192 g/mol. The number of hydrogen-bond acceptors (Lipinski definition) is 6. The Morgan fingerprint density at radius 3 is 2.73 bits per heavy atom. The Morgan fingerprint density at radius 2 is 2.36 bits per heavy atom. The molecule has 1 N–H and O–H groups in total. The smallest absolute Gasteiger partial charge is 0.239 e. The average molecular weight is 195 g/mol. The molecule has 0 spiro atoms. The Kier molecular flexibility index (Phi) is 2.02. The lowest BCUT2D eigenvalue weighted by atomic mass is 11.2. The maximum Gasteiger partial charge on any atom is 0.239 e. The molecular formula is C2H3N4O3S2-. The predicted molar refractivity (Wildman–Crippen MR) is 34.9 cm³/mol. The zero-order valence-corrected chi connectivity index (χ0v) is 6.72. The van der Waals surface area contributed by atoms with Crippen molar-refractivity contribution in [3.63, 3.8) is 0 Å². The number of nitrogens with one attached hydrogen (secondary N) is 1. The summed E-state index contributed by atoms with van der Waals surface area (Å²) in [5.74, 6) is -0.765. The van der Waals surface area contributed by atoms with Gasteiger partial charge >= 0.3 is 0 Å². The van der Waals surface area contributed by atoms with Gasteiger partial charge in [-0.25, -0.2) is 13.1 Å². The quantitative estimate of drug-likeness (QED) is 0.471. The third kappa shape index (κ3) is 2.37. The van der Waals surface area contributed by atoms with Crippen LogP contribution < -0.4 is 0 Å². The van der Waals surface area contributed by atoms with Gasteiger partial charge < -0.3 is 4.55 Å². The molecule has 1 heterocycles. The highest BCUT2D eigenvalue weighted by Crippen LogP contribution is 1.88. The van der Waals surface area contributed by atoms with Crippen LogP contribution in [0.5, 0.6) is 0 Å². The van der Waals surface area contributed by atoms with Crippen LogP contribution in [0.2, 0.25) is 0 Å². The van der Waals surface area contributed by atoms with Crippen LogP contribution in [0.25, 0.3) is 0 Å². The molecule has 0 radical (unpaired) electrons. The lowest BCUT2D eigenvalue weighted by molar-refractivity contribution is 0.446. The van der Waals surface area contributed by atoms with Crippen molar-refractivity contribution in [1.82, 2.24) is 20.2 Å². The molecule has 0 fully saturated rings. The average Bonchev–Trinajstić information content (AvgIpc) is 2.12. The molecule has 0 atom stereocenters. The molecule has 0 saturated heterocycles. The van der Waals surface area contributed by atoms with Crippen molar-refractivity contribution in [3.05, 3.63) is 4.77 Å². The van der Waals surface area contributed by atoms with E-state index in [2.05, 4.69) is 27.7 Å². The minimum atomic E-state index is -4.33. The first-order valence-corrected chi connectivity index (χ1v) is 4.39. The molecule has 0 amide bonds. The Hall–Kier alpha value is -0.800. The molecule has 62 valence electrons. The molecule has 0 aliphatic rings. The Bertz CT molecular complexity index is 387. The van der Waals surface area contributed by atoms with Gasteiger partial charge in [-0.05, 0) is 12.2 Å². The second-order valence-corrected chi connectivity index (χ2v) is 3.44. The number of tetrazole rings is 1. The Balaban J connectivity index is 2.98. The summed E-state index contributed by atoms with van der Waals surface area (Å²) in [4.78, 5) is 0. The largest absolute Gasteiger partial charge is 0.747 e. The van der Waals surface area contributed by atoms with E-state index in [1.165, 1.54) is 0 Å². The standard InChI is InChI=1S/C2H4N4O3S2/c7-11(8,9)1-6-2(10)3-4-5-6/h1H2,(H,3,5,10)(H,7,8,9)/p-1. The van der Waals surface area contributed by atoms with Gasteiger partial charge in [0, 0.05) is 0 Å². The molecule has 0 aliphatic heterocycles. The minimum absolute atomic E-state index is 0.0653. The summed E-state index contributed by atoms with van der Waals surface area (Å²) in [7, 11) is -4.33. The first kappa shape index (κ1) is 8.30. The van der Waals surface area contributed by atoms with Crippen LogP contribution >= 0.6 is 12.2 Å². The molecule has 0 saturated carbocycles. The summed E-state index contributed by atoms with van der Waals surface area (Å²) in [5.41, 5.74) is 0. The van der Waals surface area contributed by atoms with E-state index in [0.29, 0.717) is 0 Å². The normalized spacial score (nSPS) is 11.7. The number of aromatic nitrogens is 4. The molecule has 0 aromatic carbocycles. The summed E-state index contributed by atoms with van der Waals surface area (Å²) < 4.78 is 31.3. The number of nitrogens with zero attached hydrogens (tertiary/aromatic N) is 3. The van der Waals surface area contributed by atoms with Crippen molar-refractivity contribution in [1.29, 1.82) is 0 Å². The van der Waals surface area contributed by atoms with Crippen LogP contribution in [0.3, 0.4) is 0 Å². The maximum absolute atomic E-state index is 10.2. The Labute approximate surface area is 66.8 Å². The highest BCUT2D eigenvalue weighted by Gasteiger charge is 1.99. The van der Waals surface area contributed by atoms with Gasteiger partial charge in [-0.1, -0.05) is 10.3 Å². The lowest BCUT2D eigenvalue weighted by Crippen LogP contribution is -2.11. The SMILES string of the molecule is O=S(=O)([O-])Cn1[nH]nnc1=S. The van der Waals surface area contributed by atoms with Gasteiger partial charge in [0.1, 0.15) is 16.0 Å². The van der Waals surface area contributed by atoms with Gasteiger partial charge in [0.2, 0.25) is 4.77 Å². The fourth-order valence-corrected chi connectivity index (χ4v) is 1.18. The topological polar surface area (TPSA) is 104 Å². The lowest BCUT2D eigenvalue weighted by Gasteiger charge is -2.04. The predicted octanol–water partition coefficient (Wildman–Crippen LogP) is -1.16. The molecule has 7 nitrogen and oxygen atoms in total. The van der Waals surface area contributed by atoms with Crippen molar-refractivity contribution in [2.24, 2.45) is 0 Å². The fourth-order valence-electron chi connectivity index (χ4n) is 0.458. The van der Waals surface area contributed by atoms with Crippen molar-refractivity contribution >= 4 is 22.3 Å². The van der Waals surface area contributed by atoms with Crippen LogP contribution in [-0.4, -0.2) is 33.2 Å². The molecule has 1 aromatic rings. The van der Waals surface area contributed by atoms with Crippen LogP contribution in [0.4, 0.5) is 0 Å². The van der Waals surface area contributed by atoms with Gasteiger partial charge in [0.15, 0.2) is 0 Å². The third-order valence-corrected chi connectivity index (χ3v) is 1.70. The third-order valence-electron chi connectivity index (χ3n) is 0.819. The Morgan fingerprint density at radius 1 is 1.73 bits per heavy atom. The summed E-state index contributed by atoms with van der Waals surface area (Å²) in [6, 6.07) is 0. The van der Waals surface area contributed by atoms with Crippen molar-refractivity contribution in [2.45, 2.75) is 5.88 Å². The van der Waals surface area contributed by atoms with Gasteiger partial charge in [-0.2, -0.15) is 5.21 Å². The van der Waals surface area contributed by atoms with Crippen LogP contribution in [-0.2, 0) is 16.0 Å². The second-order valence-electron chi connectivity index (χ2n) is 1.70. The van der Waals surface area contributed by atoms with Gasteiger partial charge in [-0.3, -0.25) is 0 Å². The summed E-state index contributed by atoms with van der Waals surface area (Å²) in [6.07, 6.45) is 0. The molecule has 0 bridgehead atoms. The van der Waals surface area contributed by atoms with E-state index < -0.39 is 16.0 Å². The summed E-state index contributed by atoms with van der Waals surface area (Å²) in [6.45, 7) is 0. The molecule has 11 heavy (non-hydrogen) atoms. The maximum atomic E-state index is 10.2. The van der Waals surface area contributed by atoms with E-state index in [-0.39, 0.29) is 4.77 Å². The van der Waals surface area contributed by atoms with E-state index in [9.17, 15) is 13.0 Å². The van der Waals surface area contributed by atoms with Crippen LogP contribution in [0.15, 0.2) is 0 Å². The first-order chi connectivity index (χ1) is 4.99. The van der Waals surface area contributed by atoms with Crippen molar-refractivity contribution in [3.8, 4) is 0 Å². The van der Waals surface area contributed by atoms with E-state index in [4.69, 9.17) is 0 Å². The monoisotopic (exact) mass is 195 g/mol. The summed E-state index contributed by atoms with van der Waals surface area (Å²) in [5, 5.41) is 8.59. The van der Waals surface area contributed by atoms with Crippen molar-refractivity contribution in [2.75, 3.05) is 0 Å². The number of aromatic amines is 1. The second kappa shape index (κ2) is 2.68. The molecule has 0 unspecified atom stereocenters. The highest BCUT2D eigenvalue weighted by molar-refractivity contribution is 7.84. The van der Waals surface area contributed by atoms with E-state index in [0.717, 1.165) is 4.68 Å². The minimum Gasteiger partial charge on any atom is -0.747 e. The van der Waals surface area contributed by atoms with Gasteiger partial charge in [0.05, 0.1) is 0 Å². The van der Waals surface area contributed by atoms with Gasteiger partial charge in [0.25, 0.3) is 0 Å². The van der Waals surface area contributed by atoms with Crippen LogP contribution in [0.1, 0.15) is 0 Å². The van der Waals surface area contributed by atoms with Crippen molar-refractivity contribution < 1.29 is 13.0 Å². The molecule has 1 rings (SSSR count). The van der Waals surface area contributed by atoms with Gasteiger partial charge in [-0.15, -0.1) is 0 Å². The highest BCUT2D eigenvalue weighted by atomic mass is 32.2. The molecule has 0 aliphatic carbocycles. The first-order valence-electron chi connectivity index (χ1n) is 2.40. The number of hydrogen-bond donors (Lipinski definition) is 1. The number of rotatable bonds is 2. The molecule has 1 aromatic heterocycles. The van der Waals surface area contributed by atoms with E-state index >= 15 is 0 Å². The zero-order valence-electron chi connectivity index (χ0n) is 5.09. The van der Waals surface area contributed by atoms with E-state index in [1.54, 1.807) is 0 Å². The fraction of sp³-hybridized carbons (Fsp3) is 0.500. The number of H-pyrrole nitrogens is 1.